The predicted octanol–water partition coefficient (Wildman–Crippen LogP) is 5.11. The molecule has 2 aliphatic rings. The average molecular weight is 572 g/mol. The maximum atomic E-state index is 13.8. The van der Waals surface area contributed by atoms with Crippen LogP contribution >= 0.6 is 15.9 Å². The van der Waals surface area contributed by atoms with Crippen molar-refractivity contribution >= 4 is 27.7 Å². The third kappa shape index (κ3) is 4.92. The summed E-state index contributed by atoms with van der Waals surface area (Å²) in [6, 6.07) is 9.07. The molecule has 0 saturated heterocycles. The smallest absolute Gasteiger partial charge is 0.336 e. The first kappa shape index (κ1) is 26.6. The minimum Gasteiger partial charge on any atom is -0.503 e. The van der Waals surface area contributed by atoms with Gasteiger partial charge in [0.1, 0.15) is 0 Å². The molecule has 0 amide bonds. The number of hydrogen-bond donors (Lipinski definition) is 2. The summed E-state index contributed by atoms with van der Waals surface area (Å²) in [5, 5.41) is 13.8. The molecule has 4 rings (SSSR count). The highest BCUT2D eigenvalue weighted by atomic mass is 79.9. The quantitative estimate of drug-likeness (QED) is 0.442. The van der Waals surface area contributed by atoms with Gasteiger partial charge in [-0.1, -0.05) is 6.07 Å². The number of phenols is 1. The van der Waals surface area contributed by atoms with Gasteiger partial charge in [0, 0.05) is 29.3 Å². The van der Waals surface area contributed by atoms with Crippen molar-refractivity contribution in [3.8, 4) is 23.0 Å². The molecule has 196 valence electrons. The van der Waals surface area contributed by atoms with Crippen molar-refractivity contribution in [3.63, 3.8) is 0 Å². The van der Waals surface area contributed by atoms with Crippen molar-refractivity contribution < 1.29 is 33.6 Å². The number of phenolic OH excluding ortho intramolecular Hbond substituents is 1. The van der Waals surface area contributed by atoms with Crippen LogP contribution in [0.25, 0.3) is 0 Å². The minimum atomic E-state index is -0.682. The molecule has 1 aliphatic carbocycles. The highest BCUT2D eigenvalue weighted by molar-refractivity contribution is 9.10. The Kier molecular flexibility index (Phi) is 7.82. The number of allylic oxidation sites excluding steroid dienone is 3. The molecular weight excluding hydrogens is 542 g/mol. The fourth-order valence-corrected chi connectivity index (χ4v) is 5.58. The number of aromatic hydroxyl groups is 1. The van der Waals surface area contributed by atoms with Crippen LogP contribution in [0.3, 0.4) is 0 Å². The number of halogens is 1. The van der Waals surface area contributed by atoms with Crippen LogP contribution < -0.4 is 19.5 Å². The maximum Gasteiger partial charge on any atom is 0.336 e. The number of nitrogens with one attached hydrogen (secondary N) is 1. The van der Waals surface area contributed by atoms with Crippen LogP contribution in [0.1, 0.15) is 49.7 Å². The van der Waals surface area contributed by atoms with Gasteiger partial charge < -0.3 is 29.4 Å². The van der Waals surface area contributed by atoms with E-state index in [4.69, 9.17) is 18.9 Å². The molecule has 8 nitrogen and oxygen atoms in total. The highest BCUT2D eigenvalue weighted by Crippen LogP contribution is 2.48. The molecule has 0 aromatic heterocycles. The van der Waals surface area contributed by atoms with E-state index in [2.05, 4.69) is 21.2 Å². The van der Waals surface area contributed by atoms with Gasteiger partial charge in [0.25, 0.3) is 0 Å². The van der Waals surface area contributed by atoms with Gasteiger partial charge in [0.15, 0.2) is 28.8 Å². The van der Waals surface area contributed by atoms with Crippen molar-refractivity contribution in [2.45, 2.75) is 38.5 Å². The standard InChI is InChI=1S/C28H30BrNO7/c1-6-37-23-13-17(9-18(29)27(23)32)25-24(28(33)36-5)14(2)30-19-10-16(11-20(31)26(19)25)15-7-8-21(34-3)22(12-15)35-4/h7-9,12-13,16,25,30,32H,6,10-11H2,1-5H3/t16-,25+/m1/s1. The Balaban J connectivity index is 1.83. The van der Waals surface area contributed by atoms with Crippen LogP contribution in [0.15, 0.2) is 57.3 Å². The number of carbonyl (C=O) groups excluding carboxylic acids is 2. The molecule has 0 saturated carbocycles. The number of Topliss-reactive ketones (excluding diaryl/α,β-unsaturated/α-hetero) is 1. The molecule has 1 aliphatic heterocycles. The summed E-state index contributed by atoms with van der Waals surface area (Å²) in [5.41, 5.74) is 3.83. The van der Waals surface area contributed by atoms with E-state index in [1.165, 1.54) is 7.11 Å². The van der Waals surface area contributed by atoms with E-state index >= 15 is 0 Å². The molecule has 1 heterocycles. The second-order valence-corrected chi connectivity index (χ2v) is 9.76. The third-order valence-corrected chi connectivity index (χ3v) is 7.40. The van der Waals surface area contributed by atoms with Gasteiger partial charge in [-0.05, 0) is 77.5 Å². The second kappa shape index (κ2) is 10.9. The normalized spacial score (nSPS) is 19.2. The van der Waals surface area contributed by atoms with E-state index in [1.807, 2.05) is 25.1 Å². The average Bonchev–Trinajstić information content (AvgIpc) is 2.89. The third-order valence-electron chi connectivity index (χ3n) is 6.80. The van der Waals surface area contributed by atoms with E-state index in [9.17, 15) is 14.7 Å². The van der Waals surface area contributed by atoms with Gasteiger partial charge in [-0.15, -0.1) is 0 Å². The lowest BCUT2D eigenvalue weighted by Gasteiger charge is -2.36. The van der Waals surface area contributed by atoms with E-state index in [0.29, 0.717) is 51.4 Å². The largest absolute Gasteiger partial charge is 0.503 e. The lowest BCUT2D eigenvalue weighted by atomic mass is 9.71. The number of hydrogen-bond acceptors (Lipinski definition) is 8. The number of rotatable bonds is 7. The van der Waals surface area contributed by atoms with Crippen LogP contribution in [-0.2, 0) is 14.3 Å². The van der Waals surface area contributed by atoms with Crippen molar-refractivity contribution in [2.24, 2.45) is 0 Å². The number of carbonyl (C=O) groups is 2. The van der Waals surface area contributed by atoms with E-state index < -0.39 is 11.9 Å². The zero-order valence-corrected chi connectivity index (χ0v) is 23.0. The molecular formula is C28H30BrNO7. The second-order valence-electron chi connectivity index (χ2n) is 8.91. The van der Waals surface area contributed by atoms with E-state index in [1.54, 1.807) is 33.3 Å². The predicted molar refractivity (Wildman–Crippen MR) is 141 cm³/mol. The molecule has 9 heteroatoms. The first-order valence-electron chi connectivity index (χ1n) is 11.9. The maximum absolute atomic E-state index is 13.8. The summed E-state index contributed by atoms with van der Waals surface area (Å²) in [4.78, 5) is 26.7. The summed E-state index contributed by atoms with van der Waals surface area (Å²) in [5.74, 6) is 0.0687. The van der Waals surface area contributed by atoms with E-state index in [-0.39, 0.29) is 29.6 Å². The molecule has 0 bridgehead atoms. The Hall–Kier alpha value is -3.46. The molecule has 37 heavy (non-hydrogen) atoms. The fourth-order valence-electron chi connectivity index (χ4n) is 5.12. The number of methoxy groups -OCH3 is 3. The molecule has 0 unspecified atom stereocenters. The SMILES string of the molecule is CCOc1cc([C@H]2C(C(=O)OC)=C(C)NC3=C2C(=O)C[C@H](c2ccc(OC)c(OC)c2)C3)cc(Br)c1O. The zero-order valence-electron chi connectivity index (χ0n) is 21.4. The first-order chi connectivity index (χ1) is 17.7. The number of ether oxygens (including phenoxy) is 4. The Labute approximate surface area is 224 Å². The van der Waals surface area contributed by atoms with Crippen LogP contribution in [0.4, 0.5) is 0 Å². The lowest BCUT2D eigenvalue weighted by Crippen LogP contribution is -2.36. The number of dihydropyridines is 1. The lowest BCUT2D eigenvalue weighted by molar-refractivity contribution is -0.136. The van der Waals surface area contributed by atoms with Crippen molar-refractivity contribution in [2.75, 3.05) is 27.9 Å². The first-order valence-corrected chi connectivity index (χ1v) is 12.7. The fraction of sp³-hybridized carbons (Fsp3) is 0.357. The molecule has 2 aromatic carbocycles. The van der Waals surface area contributed by atoms with Gasteiger partial charge in [0.05, 0.1) is 38.0 Å². The number of ketones is 1. The van der Waals surface area contributed by atoms with Gasteiger partial charge in [-0.3, -0.25) is 4.79 Å². The van der Waals surface area contributed by atoms with Crippen LogP contribution in [-0.4, -0.2) is 44.8 Å². The number of benzene rings is 2. The van der Waals surface area contributed by atoms with Gasteiger partial charge in [0.2, 0.25) is 0 Å². The Bertz CT molecular complexity index is 1310. The summed E-state index contributed by atoms with van der Waals surface area (Å²) in [6.07, 6.45) is 0.827. The van der Waals surface area contributed by atoms with Crippen LogP contribution in [0, 0.1) is 0 Å². The van der Waals surface area contributed by atoms with E-state index in [0.717, 1.165) is 11.3 Å². The Morgan fingerprint density at radius 3 is 2.41 bits per heavy atom. The topological polar surface area (TPSA) is 103 Å². The molecule has 0 fully saturated rings. The highest BCUT2D eigenvalue weighted by Gasteiger charge is 2.42. The Morgan fingerprint density at radius 1 is 1.05 bits per heavy atom. The van der Waals surface area contributed by atoms with Crippen LogP contribution in [0.2, 0.25) is 0 Å². The summed E-state index contributed by atoms with van der Waals surface area (Å²) >= 11 is 3.39. The summed E-state index contributed by atoms with van der Waals surface area (Å²) in [6.45, 7) is 3.95. The van der Waals surface area contributed by atoms with Crippen molar-refractivity contribution in [1.82, 2.24) is 5.32 Å². The molecule has 0 radical (unpaired) electrons. The molecule has 2 N–H and O–H groups in total. The number of esters is 1. The van der Waals surface area contributed by atoms with Gasteiger partial charge in [-0.2, -0.15) is 0 Å². The van der Waals surface area contributed by atoms with Crippen molar-refractivity contribution in [3.05, 3.63) is 68.5 Å². The summed E-state index contributed by atoms with van der Waals surface area (Å²) in [7, 11) is 4.48. The van der Waals surface area contributed by atoms with Crippen LogP contribution in [0.5, 0.6) is 23.0 Å². The van der Waals surface area contributed by atoms with Crippen molar-refractivity contribution in [1.29, 1.82) is 0 Å². The van der Waals surface area contributed by atoms with Gasteiger partial charge >= 0.3 is 5.97 Å². The Morgan fingerprint density at radius 2 is 1.76 bits per heavy atom. The minimum absolute atomic E-state index is 0.0439. The monoisotopic (exact) mass is 571 g/mol. The molecule has 0 spiro atoms. The van der Waals surface area contributed by atoms with Gasteiger partial charge in [-0.25, -0.2) is 4.79 Å². The molecule has 2 atom stereocenters. The zero-order chi connectivity index (χ0) is 26.9. The molecule has 2 aromatic rings. The summed E-state index contributed by atoms with van der Waals surface area (Å²) < 4.78 is 22.0.